The molecular weight excluding hydrogens is 368 g/mol. The molecular formula is C22H20N4O3. The highest BCUT2D eigenvalue weighted by atomic mass is 16.5. The van der Waals surface area contributed by atoms with Crippen LogP contribution in [0.5, 0.6) is 0 Å². The lowest BCUT2D eigenvalue weighted by atomic mass is 10.1. The number of hydrogen-bond acceptors (Lipinski definition) is 5. The number of anilines is 2. The van der Waals surface area contributed by atoms with Crippen LogP contribution in [0.25, 0.3) is 0 Å². The van der Waals surface area contributed by atoms with Crippen molar-refractivity contribution < 1.29 is 14.1 Å². The molecule has 5 rings (SSSR count). The van der Waals surface area contributed by atoms with Gasteiger partial charge in [0.05, 0.1) is 11.4 Å². The standard InChI is InChI=1S/C22H20N4O3/c27-21(19-10-12-29-25-19)24-18-7-4-11-23-17(18)9-8-15-16-13-26(22(28)20(15)16)14-5-2-1-3-6-14/h1-7,10-12,15-16,20H,8-9,13H2,(H,24,27). The molecule has 1 aromatic carbocycles. The zero-order valence-corrected chi connectivity index (χ0v) is 15.7. The minimum atomic E-state index is -0.329. The maximum atomic E-state index is 12.8. The van der Waals surface area contributed by atoms with Crippen LogP contribution in [0.2, 0.25) is 0 Å². The Bertz CT molecular complexity index is 1040. The molecule has 1 N–H and O–H groups in total. The molecule has 2 aromatic heterocycles. The first-order valence-corrected chi connectivity index (χ1v) is 9.74. The predicted molar refractivity (Wildman–Crippen MR) is 106 cm³/mol. The lowest BCUT2D eigenvalue weighted by molar-refractivity contribution is -0.119. The van der Waals surface area contributed by atoms with E-state index in [0.29, 0.717) is 23.9 Å². The Morgan fingerprint density at radius 1 is 1.17 bits per heavy atom. The van der Waals surface area contributed by atoms with Gasteiger partial charge in [0.25, 0.3) is 5.91 Å². The molecule has 0 bridgehead atoms. The van der Waals surface area contributed by atoms with Crippen LogP contribution < -0.4 is 10.2 Å². The molecule has 0 spiro atoms. The Labute approximate surface area is 167 Å². The van der Waals surface area contributed by atoms with Crippen LogP contribution in [0.1, 0.15) is 22.6 Å². The molecule has 3 heterocycles. The lowest BCUT2D eigenvalue weighted by Crippen LogP contribution is -2.29. The SMILES string of the molecule is O=C(Nc1cccnc1CCC1C2CN(c3ccccc3)C(=O)C12)c1ccon1. The minimum absolute atomic E-state index is 0.118. The van der Waals surface area contributed by atoms with Gasteiger partial charge in [-0.2, -0.15) is 0 Å². The molecule has 29 heavy (non-hydrogen) atoms. The number of piperidine rings is 1. The number of benzene rings is 1. The summed E-state index contributed by atoms with van der Waals surface area (Å²) in [6, 6.07) is 15.0. The summed E-state index contributed by atoms with van der Waals surface area (Å²) in [5.41, 5.74) is 2.69. The molecule has 2 fully saturated rings. The molecule has 0 radical (unpaired) electrons. The molecule has 1 aliphatic heterocycles. The van der Waals surface area contributed by atoms with Crippen LogP contribution in [0.3, 0.4) is 0 Å². The monoisotopic (exact) mass is 388 g/mol. The number of nitrogens with one attached hydrogen (secondary N) is 1. The zero-order chi connectivity index (χ0) is 19.8. The van der Waals surface area contributed by atoms with Gasteiger partial charge in [0.2, 0.25) is 5.91 Å². The number of nitrogens with zero attached hydrogens (tertiary/aromatic N) is 3. The highest BCUT2D eigenvalue weighted by Crippen LogP contribution is 2.55. The summed E-state index contributed by atoms with van der Waals surface area (Å²) in [7, 11) is 0. The number of hydrogen-bond donors (Lipinski definition) is 1. The Hall–Kier alpha value is -3.48. The van der Waals surface area contributed by atoms with Crippen molar-refractivity contribution in [2.75, 3.05) is 16.8 Å². The zero-order valence-electron chi connectivity index (χ0n) is 15.7. The number of carbonyl (C=O) groups excluding carboxylic acids is 2. The van der Waals surface area contributed by atoms with Gasteiger partial charge in [-0.3, -0.25) is 14.6 Å². The second kappa shape index (κ2) is 7.16. The van der Waals surface area contributed by atoms with E-state index in [9.17, 15) is 9.59 Å². The number of carbonyl (C=O) groups is 2. The van der Waals surface area contributed by atoms with E-state index >= 15 is 0 Å². The Balaban J connectivity index is 1.21. The summed E-state index contributed by atoms with van der Waals surface area (Å²) in [6.07, 6.45) is 4.68. The highest BCUT2D eigenvalue weighted by molar-refractivity contribution is 6.03. The van der Waals surface area contributed by atoms with Crippen LogP contribution in [-0.2, 0) is 11.2 Å². The number of amides is 2. The van der Waals surface area contributed by atoms with Crippen molar-refractivity contribution in [2.24, 2.45) is 17.8 Å². The van der Waals surface area contributed by atoms with Gasteiger partial charge in [-0.05, 0) is 48.9 Å². The largest absolute Gasteiger partial charge is 0.364 e. The van der Waals surface area contributed by atoms with Crippen molar-refractivity contribution in [3.63, 3.8) is 0 Å². The second-order valence-corrected chi connectivity index (χ2v) is 7.51. The van der Waals surface area contributed by atoms with E-state index in [1.807, 2.05) is 41.3 Å². The van der Waals surface area contributed by atoms with Gasteiger partial charge < -0.3 is 14.7 Å². The van der Waals surface area contributed by atoms with E-state index < -0.39 is 0 Å². The van der Waals surface area contributed by atoms with Crippen LogP contribution in [0.4, 0.5) is 11.4 Å². The van der Waals surface area contributed by atoms with Crippen LogP contribution in [0.15, 0.2) is 65.5 Å². The summed E-state index contributed by atoms with van der Waals surface area (Å²) in [4.78, 5) is 31.3. The lowest BCUT2D eigenvalue weighted by Gasteiger charge is -2.20. The van der Waals surface area contributed by atoms with Gasteiger partial charge >= 0.3 is 0 Å². The van der Waals surface area contributed by atoms with Gasteiger partial charge in [-0.25, -0.2) is 0 Å². The van der Waals surface area contributed by atoms with Crippen molar-refractivity contribution >= 4 is 23.2 Å². The van der Waals surface area contributed by atoms with Crippen LogP contribution in [-0.4, -0.2) is 28.5 Å². The summed E-state index contributed by atoms with van der Waals surface area (Å²) in [5, 5.41) is 6.50. The van der Waals surface area contributed by atoms with Crippen molar-refractivity contribution in [3.05, 3.63) is 72.4 Å². The highest BCUT2D eigenvalue weighted by Gasteiger charge is 2.60. The minimum Gasteiger partial charge on any atom is -0.364 e. The average Bonchev–Trinajstić information content (AvgIpc) is 3.08. The number of pyridine rings is 1. The molecule has 1 saturated heterocycles. The third kappa shape index (κ3) is 3.29. The van der Waals surface area contributed by atoms with E-state index in [1.54, 1.807) is 12.3 Å². The molecule has 146 valence electrons. The van der Waals surface area contributed by atoms with Crippen LogP contribution in [0, 0.1) is 17.8 Å². The number of aromatic nitrogens is 2. The van der Waals surface area contributed by atoms with Gasteiger partial charge in [-0.15, -0.1) is 0 Å². The molecule has 7 heteroatoms. The Morgan fingerprint density at radius 3 is 2.76 bits per heavy atom. The number of para-hydroxylation sites is 1. The molecule has 2 aliphatic rings. The summed E-state index contributed by atoms with van der Waals surface area (Å²) in [5.74, 6) is 0.826. The second-order valence-electron chi connectivity index (χ2n) is 7.51. The maximum absolute atomic E-state index is 12.8. The summed E-state index contributed by atoms with van der Waals surface area (Å²) in [6.45, 7) is 0.788. The predicted octanol–water partition coefficient (Wildman–Crippen LogP) is 3.16. The third-order valence-corrected chi connectivity index (χ3v) is 5.87. The number of aryl methyl sites for hydroxylation is 1. The fourth-order valence-corrected chi connectivity index (χ4v) is 4.35. The van der Waals surface area contributed by atoms with E-state index in [0.717, 1.165) is 24.3 Å². The molecule has 3 unspecified atom stereocenters. The first kappa shape index (κ1) is 17.6. The summed E-state index contributed by atoms with van der Waals surface area (Å²) < 4.78 is 4.72. The number of fused-ring (bicyclic) bond motifs is 1. The summed E-state index contributed by atoms with van der Waals surface area (Å²) >= 11 is 0. The normalized spacial score (nSPS) is 22.4. The van der Waals surface area contributed by atoms with E-state index in [-0.39, 0.29) is 23.4 Å². The molecule has 1 saturated carbocycles. The van der Waals surface area contributed by atoms with Gasteiger partial charge in [0.1, 0.15) is 6.26 Å². The quantitative estimate of drug-likeness (QED) is 0.701. The first-order chi connectivity index (χ1) is 14.2. The molecule has 2 amide bonds. The van der Waals surface area contributed by atoms with E-state index in [2.05, 4.69) is 15.5 Å². The topological polar surface area (TPSA) is 88.3 Å². The fourth-order valence-electron chi connectivity index (χ4n) is 4.35. The molecule has 3 aromatic rings. The third-order valence-electron chi connectivity index (χ3n) is 5.87. The smallest absolute Gasteiger partial charge is 0.277 e. The van der Waals surface area contributed by atoms with Gasteiger partial charge in [-0.1, -0.05) is 23.4 Å². The van der Waals surface area contributed by atoms with Crippen LogP contribution >= 0.6 is 0 Å². The Kier molecular flexibility index (Phi) is 4.35. The Morgan fingerprint density at radius 2 is 2.03 bits per heavy atom. The van der Waals surface area contributed by atoms with Crippen molar-refractivity contribution in [2.45, 2.75) is 12.8 Å². The molecule has 7 nitrogen and oxygen atoms in total. The fraction of sp³-hybridized carbons (Fsp3) is 0.273. The van der Waals surface area contributed by atoms with Gasteiger partial charge in [0, 0.05) is 30.4 Å². The van der Waals surface area contributed by atoms with Gasteiger partial charge in [0.15, 0.2) is 5.69 Å². The van der Waals surface area contributed by atoms with E-state index in [1.165, 1.54) is 12.3 Å². The first-order valence-electron chi connectivity index (χ1n) is 9.74. The van der Waals surface area contributed by atoms with Crippen molar-refractivity contribution in [1.82, 2.24) is 10.1 Å². The van der Waals surface area contributed by atoms with E-state index in [4.69, 9.17) is 4.52 Å². The van der Waals surface area contributed by atoms with Crippen molar-refractivity contribution in [3.8, 4) is 0 Å². The van der Waals surface area contributed by atoms with Crippen molar-refractivity contribution in [1.29, 1.82) is 0 Å². The molecule has 3 atom stereocenters. The number of rotatable bonds is 6. The molecule has 1 aliphatic carbocycles. The maximum Gasteiger partial charge on any atom is 0.277 e. The average molecular weight is 388 g/mol.